The van der Waals surface area contributed by atoms with E-state index >= 15 is 0 Å². The molecule has 150 valence electrons. The highest BCUT2D eigenvalue weighted by Crippen LogP contribution is 2.35. The van der Waals surface area contributed by atoms with Gasteiger partial charge in [0, 0.05) is 13.0 Å². The molecule has 28 heavy (non-hydrogen) atoms. The van der Waals surface area contributed by atoms with Crippen molar-refractivity contribution in [2.75, 3.05) is 17.5 Å². The second kappa shape index (κ2) is 8.18. The van der Waals surface area contributed by atoms with E-state index < -0.39 is 21.8 Å². The number of ether oxygens (including phenoxy) is 1. The average molecular weight is 407 g/mol. The zero-order valence-electron chi connectivity index (χ0n) is 15.5. The van der Waals surface area contributed by atoms with E-state index in [0.29, 0.717) is 36.1 Å². The Kier molecular flexibility index (Phi) is 5.88. The van der Waals surface area contributed by atoms with Crippen molar-refractivity contribution in [3.63, 3.8) is 0 Å². The largest absolute Gasteiger partial charge is 0.493 e. The first-order valence-electron chi connectivity index (χ1n) is 9.06. The van der Waals surface area contributed by atoms with Gasteiger partial charge in [-0.1, -0.05) is 12.1 Å². The van der Waals surface area contributed by atoms with E-state index in [4.69, 9.17) is 9.84 Å². The lowest BCUT2D eigenvalue weighted by Crippen LogP contribution is -2.36. The van der Waals surface area contributed by atoms with Gasteiger partial charge in [0.1, 0.15) is 11.6 Å². The molecule has 2 aromatic carbocycles. The highest BCUT2D eigenvalue weighted by molar-refractivity contribution is 7.92. The van der Waals surface area contributed by atoms with Crippen molar-refractivity contribution >= 4 is 21.7 Å². The van der Waals surface area contributed by atoms with Crippen LogP contribution in [0.2, 0.25) is 0 Å². The SMILES string of the molecule is Cc1cc(S(=O)(=O)N2CCCc3cccc(F)c32)ccc1OCCCC(=O)O. The standard InChI is InChI=1S/C20H22FNO5S/c1-14-13-16(9-10-18(14)27-12-4-8-19(23)24)28(25,26)22-11-3-6-15-5-2-7-17(21)20(15)22/h2,5,7,9-10,13H,3-4,6,8,11-12H2,1H3,(H,23,24). The molecule has 1 heterocycles. The zero-order chi connectivity index (χ0) is 20.3. The molecule has 0 saturated carbocycles. The second-order valence-corrected chi connectivity index (χ2v) is 8.56. The van der Waals surface area contributed by atoms with Crippen LogP contribution in [0, 0.1) is 12.7 Å². The van der Waals surface area contributed by atoms with Gasteiger partial charge in [-0.25, -0.2) is 12.8 Å². The number of rotatable bonds is 7. The third-order valence-electron chi connectivity index (χ3n) is 4.65. The minimum absolute atomic E-state index is 0.00540. The molecule has 1 aliphatic rings. The summed E-state index contributed by atoms with van der Waals surface area (Å²) in [6.45, 7) is 2.17. The Labute approximate surface area is 163 Å². The number of hydrogen-bond donors (Lipinski definition) is 1. The number of fused-ring (bicyclic) bond motifs is 1. The molecule has 0 amide bonds. The van der Waals surface area contributed by atoms with Crippen LogP contribution in [0.3, 0.4) is 0 Å². The lowest BCUT2D eigenvalue weighted by atomic mass is 10.0. The van der Waals surface area contributed by atoms with E-state index in [-0.39, 0.29) is 30.2 Å². The molecular formula is C20H22FNO5S. The average Bonchev–Trinajstić information content (AvgIpc) is 2.65. The van der Waals surface area contributed by atoms with Gasteiger partial charge in [-0.05, 0) is 61.6 Å². The van der Waals surface area contributed by atoms with Gasteiger partial charge in [-0.2, -0.15) is 0 Å². The van der Waals surface area contributed by atoms with Crippen LogP contribution < -0.4 is 9.04 Å². The molecule has 0 atom stereocenters. The number of carboxylic acids is 1. The van der Waals surface area contributed by atoms with Crippen molar-refractivity contribution in [3.8, 4) is 5.75 Å². The Morgan fingerprint density at radius 3 is 2.79 bits per heavy atom. The monoisotopic (exact) mass is 407 g/mol. The van der Waals surface area contributed by atoms with Crippen LogP contribution in [0.15, 0.2) is 41.3 Å². The maximum absolute atomic E-state index is 14.4. The third-order valence-corrected chi connectivity index (χ3v) is 6.45. The summed E-state index contributed by atoms with van der Waals surface area (Å²) in [7, 11) is -3.91. The maximum atomic E-state index is 14.4. The lowest BCUT2D eigenvalue weighted by Gasteiger charge is -2.30. The summed E-state index contributed by atoms with van der Waals surface area (Å²) >= 11 is 0. The summed E-state index contributed by atoms with van der Waals surface area (Å²) < 4.78 is 47.4. The van der Waals surface area contributed by atoms with E-state index in [1.807, 2.05) is 0 Å². The predicted octanol–water partition coefficient (Wildman–Crippen LogP) is 3.52. The molecule has 0 fully saturated rings. The molecule has 0 bridgehead atoms. The summed E-state index contributed by atoms with van der Waals surface area (Å²) in [5.74, 6) is -0.943. The summed E-state index contributed by atoms with van der Waals surface area (Å²) in [5, 5.41) is 8.65. The Hall–Kier alpha value is -2.61. The van der Waals surface area contributed by atoms with Gasteiger partial charge in [0.2, 0.25) is 0 Å². The second-order valence-electron chi connectivity index (χ2n) is 6.70. The first-order chi connectivity index (χ1) is 13.3. The summed E-state index contributed by atoms with van der Waals surface area (Å²) in [5.41, 5.74) is 1.42. The van der Waals surface area contributed by atoms with Gasteiger partial charge in [-0.15, -0.1) is 0 Å². The van der Waals surface area contributed by atoms with Gasteiger partial charge < -0.3 is 9.84 Å². The number of benzene rings is 2. The van der Waals surface area contributed by atoms with Gasteiger partial charge in [0.25, 0.3) is 10.0 Å². The zero-order valence-corrected chi connectivity index (χ0v) is 16.3. The molecule has 0 aromatic heterocycles. The maximum Gasteiger partial charge on any atom is 0.303 e. The Balaban J connectivity index is 1.84. The van der Waals surface area contributed by atoms with Crippen molar-refractivity contribution in [2.24, 2.45) is 0 Å². The Bertz CT molecular complexity index is 990. The van der Waals surface area contributed by atoms with E-state index in [1.54, 1.807) is 25.1 Å². The topological polar surface area (TPSA) is 83.9 Å². The number of halogens is 1. The predicted molar refractivity (Wildman–Crippen MR) is 103 cm³/mol. The molecule has 0 radical (unpaired) electrons. The molecular weight excluding hydrogens is 385 g/mol. The molecule has 0 unspecified atom stereocenters. The lowest BCUT2D eigenvalue weighted by molar-refractivity contribution is -0.137. The quantitative estimate of drug-likeness (QED) is 0.710. The van der Waals surface area contributed by atoms with Gasteiger partial charge in [-0.3, -0.25) is 9.10 Å². The summed E-state index contributed by atoms with van der Waals surface area (Å²) in [6, 6.07) is 9.09. The summed E-state index contributed by atoms with van der Waals surface area (Å²) in [6.07, 6.45) is 1.63. The summed E-state index contributed by atoms with van der Waals surface area (Å²) in [4.78, 5) is 10.6. The van der Waals surface area contributed by atoms with Crippen LogP contribution in [0.5, 0.6) is 5.75 Å². The first-order valence-corrected chi connectivity index (χ1v) is 10.5. The smallest absolute Gasteiger partial charge is 0.303 e. The van der Waals surface area contributed by atoms with Crippen LogP contribution in [0.1, 0.15) is 30.4 Å². The minimum Gasteiger partial charge on any atom is -0.493 e. The van der Waals surface area contributed by atoms with Crippen LogP contribution >= 0.6 is 0 Å². The van der Waals surface area contributed by atoms with Crippen LogP contribution in [0.25, 0.3) is 0 Å². The first kappa shape index (κ1) is 20.1. The molecule has 0 aliphatic carbocycles. The molecule has 1 aliphatic heterocycles. The van der Waals surface area contributed by atoms with Crippen LogP contribution in [-0.4, -0.2) is 32.6 Å². The number of carbonyl (C=O) groups is 1. The molecule has 0 saturated heterocycles. The van der Waals surface area contributed by atoms with Crippen LogP contribution in [-0.2, 0) is 21.2 Å². The van der Waals surface area contributed by atoms with Crippen LogP contribution in [0.4, 0.5) is 10.1 Å². The Morgan fingerprint density at radius 1 is 1.29 bits per heavy atom. The molecule has 6 nitrogen and oxygen atoms in total. The number of aryl methyl sites for hydroxylation is 2. The van der Waals surface area contributed by atoms with Gasteiger partial charge >= 0.3 is 5.97 Å². The van der Waals surface area contributed by atoms with Crippen molar-refractivity contribution in [3.05, 3.63) is 53.3 Å². The fourth-order valence-electron chi connectivity index (χ4n) is 3.28. The molecule has 0 spiro atoms. The van der Waals surface area contributed by atoms with Crippen molar-refractivity contribution in [1.29, 1.82) is 0 Å². The van der Waals surface area contributed by atoms with Crippen molar-refractivity contribution in [1.82, 2.24) is 0 Å². The van der Waals surface area contributed by atoms with E-state index in [1.165, 1.54) is 18.2 Å². The fraction of sp³-hybridized carbons (Fsp3) is 0.350. The number of nitrogens with zero attached hydrogens (tertiary/aromatic N) is 1. The highest BCUT2D eigenvalue weighted by atomic mass is 32.2. The fourth-order valence-corrected chi connectivity index (χ4v) is 4.92. The molecule has 2 aromatic rings. The number of sulfonamides is 1. The third kappa shape index (κ3) is 4.11. The Morgan fingerprint density at radius 2 is 2.07 bits per heavy atom. The highest BCUT2D eigenvalue weighted by Gasteiger charge is 2.31. The number of hydrogen-bond acceptors (Lipinski definition) is 4. The van der Waals surface area contributed by atoms with Gasteiger partial charge in [0.15, 0.2) is 0 Å². The minimum atomic E-state index is -3.91. The van der Waals surface area contributed by atoms with E-state index in [2.05, 4.69) is 0 Å². The normalized spacial score (nSPS) is 13.9. The van der Waals surface area contributed by atoms with E-state index in [0.717, 1.165) is 4.31 Å². The van der Waals surface area contributed by atoms with Gasteiger partial charge in [0.05, 0.1) is 17.2 Å². The molecule has 1 N–H and O–H groups in total. The number of carboxylic acid groups (broad SMARTS) is 1. The number of anilines is 1. The van der Waals surface area contributed by atoms with Crippen molar-refractivity contribution in [2.45, 2.75) is 37.5 Å². The number of para-hydroxylation sites is 1. The number of aliphatic carboxylic acids is 1. The molecule has 3 rings (SSSR count). The van der Waals surface area contributed by atoms with E-state index in [9.17, 15) is 17.6 Å². The van der Waals surface area contributed by atoms with Crippen molar-refractivity contribution < 1.29 is 27.4 Å². The molecule has 8 heteroatoms.